The highest BCUT2D eigenvalue weighted by atomic mass is 32.2. The average Bonchev–Trinajstić information content (AvgIpc) is 2.61. The lowest BCUT2D eigenvalue weighted by molar-refractivity contribution is -0.143. The molecule has 1 aromatic carbocycles. The Hall–Kier alpha value is -1.93. The Kier molecular flexibility index (Phi) is 6.77. The molecular formula is C18H26N2O5S. The van der Waals surface area contributed by atoms with Crippen LogP contribution in [0.15, 0.2) is 24.3 Å². The van der Waals surface area contributed by atoms with E-state index in [0.717, 1.165) is 11.8 Å². The minimum atomic E-state index is -3.54. The summed E-state index contributed by atoms with van der Waals surface area (Å²) in [6.07, 6.45) is 2.48. The number of hydrogen-bond donors (Lipinski definition) is 2. The minimum absolute atomic E-state index is 0.245. The summed E-state index contributed by atoms with van der Waals surface area (Å²) < 4.78 is 28.0. The molecule has 8 heteroatoms. The van der Waals surface area contributed by atoms with Gasteiger partial charge in [0.1, 0.15) is 0 Å². The second-order valence-electron chi connectivity index (χ2n) is 6.47. The monoisotopic (exact) mass is 382 g/mol. The van der Waals surface area contributed by atoms with E-state index in [1.807, 2.05) is 12.1 Å². The van der Waals surface area contributed by atoms with E-state index in [0.29, 0.717) is 38.2 Å². The summed E-state index contributed by atoms with van der Waals surface area (Å²) in [6, 6.07) is 7.06. The number of carbonyl (C=O) groups is 2. The fourth-order valence-corrected chi connectivity index (χ4v) is 4.41. The number of amides is 1. The van der Waals surface area contributed by atoms with Crippen molar-refractivity contribution < 1.29 is 22.7 Å². The largest absolute Gasteiger partial charge is 0.466 e. The lowest BCUT2D eigenvalue weighted by Crippen LogP contribution is -2.55. The van der Waals surface area contributed by atoms with Crippen LogP contribution in [0.25, 0.3) is 0 Å². The number of carbonyl (C=O) groups excluding carboxylic acids is 2. The number of aryl methyl sites for hydroxylation is 1. The Morgan fingerprint density at radius 1 is 1.19 bits per heavy atom. The van der Waals surface area contributed by atoms with Crippen LogP contribution in [0.4, 0.5) is 5.69 Å². The summed E-state index contributed by atoms with van der Waals surface area (Å²) in [5, 5.41) is 5.82. The molecule has 1 heterocycles. The van der Waals surface area contributed by atoms with Crippen LogP contribution in [-0.2, 0) is 30.6 Å². The first-order valence-electron chi connectivity index (χ1n) is 8.75. The van der Waals surface area contributed by atoms with Crippen molar-refractivity contribution in [2.24, 2.45) is 0 Å². The maximum absolute atomic E-state index is 12.7. The Morgan fingerprint density at radius 3 is 2.35 bits per heavy atom. The molecule has 2 N–H and O–H groups in total. The zero-order chi connectivity index (χ0) is 19.2. The normalized spacial score (nSPS) is 16.7. The Balaban J connectivity index is 2.03. The molecule has 1 aromatic rings. The Labute approximate surface area is 154 Å². The third kappa shape index (κ3) is 4.82. The van der Waals surface area contributed by atoms with E-state index >= 15 is 0 Å². The molecule has 1 saturated heterocycles. The zero-order valence-electron chi connectivity index (χ0n) is 15.2. The van der Waals surface area contributed by atoms with Gasteiger partial charge in [0.15, 0.2) is 14.6 Å². The van der Waals surface area contributed by atoms with Crippen molar-refractivity contribution in [3.63, 3.8) is 0 Å². The molecular weight excluding hydrogens is 356 g/mol. The second kappa shape index (κ2) is 8.64. The van der Waals surface area contributed by atoms with Crippen LogP contribution >= 0.6 is 0 Å². The van der Waals surface area contributed by atoms with Crippen LogP contribution in [0.2, 0.25) is 0 Å². The van der Waals surface area contributed by atoms with Crippen molar-refractivity contribution in [2.45, 2.75) is 37.4 Å². The number of sulfone groups is 1. The summed E-state index contributed by atoms with van der Waals surface area (Å²) in [5.41, 5.74) is 1.48. The third-order valence-electron chi connectivity index (χ3n) is 4.67. The van der Waals surface area contributed by atoms with Crippen LogP contribution in [0, 0.1) is 0 Å². The number of rotatable bonds is 7. The maximum atomic E-state index is 12.7. The fraction of sp³-hybridized carbons (Fsp3) is 0.556. The average molecular weight is 382 g/mol. The molecule has 0 radical (unpaired) electrons. The summed E-state index contributed by atoms with van der Waals surface area (Å²) in [7, 11) is -3.54. The van der Waals surface area contributed by atoms with Gasteiger partial charge >= 0.3 is 5.97 Å². The van der Waals surface area contributed by atoms with Crippen molar-refractivity contribution in [1.82, 2.24) is 5.32 Å². The number of benzene rings is 1. The standard InChI is InChI=1S/C18H26N2O5S/c1-3-25-16(21)9-6-14-4-7-15(8-5-14)20-17(22)18(26(2,23)24)10-12-19-13-11-18/h4-5,7-8,19H,3,6,9-13H2,1-2H3,(H,20,22). The fourth-order valence-electron chi connectivity index (χ4n) is 3.08. The van der Waals surface area contributed by atoms with Gasteiger partial charge in [-0.15, -0.1) is 0 Å². The van der Waals surface area contributed by atoms with Crippen molar-refractivity contribution in [3.8, 4) is 0 Å². The molecule has 1 fully saturated rings. The molecule has 0 aliphatic carbocycles. The zero-order valence-corrected chi connectivity index (χ0v) is 16.0. The maximum Gasteiger partial charge on any atom is 0.306 e. The van der Waals surface area contributed by atoms with E-state index in [2.05, 4.69) is 10.6 Å². The molecule has 0 atom stereocenters. The highest BCUT2D eigenvalue weighted by Gasteiger charge is 2.48. The first-order chi connectivity index (χ1) is 12.3. The van der Waals surface area contributed by atoms with E-state index in [4.69, 9.17) is 4.74 Å². The van der Waals surface area contributed by atoms with Gasteiger partial charge in [-0.2, -0.15) is 0 Å². The molecule has 2 rings (SSSR count). The van der Waals surface area contributed by atoms with Gasteiger partial charge < -0.3 is 15.4 Å². The van der Waals surface area contributed by atoms with Gasteiger partial charge in [0.2, 0.25) is 5.91 Å². The summed E-state index contributed by atoms with van der Waals surface area (Å²) in [4.78, 5) is 24.1. The van der Waals surface area contributed by atoms with Crippen LogP contribution in [0.1, 0.15) is 31.7 Å². The van der Waals surface area contributed by atoms with E-state index in [-0.39, 0.29) is 18.8 Å². The molecule has 144 valence electrons. The molecule has 0 aromatic heterocycles. The van der Waals surface area contributed by atoms with E-state index in [1.165, 1.54) is 0 Å². The van der Waals surface area contributed by atoms with Crippen LogP contribution in [-0.4, -0.2) is 51.0 Å². The molecule has 7 nitrogen and oxygen atoms in total. The molecule has 0 spiro atoms. The number of piperidine rings is 1. The number of esters is 1. The van der Waals surface area contributed by atoms with Crippen LogP contribution in [0.5, 0.6) is 0 Å². The molecule has 0 saturated carbocycles. The van der Waals surface area contributed by atoms with Gasteiger partial charge in [-0.1, -0.05) is 12.1 Å². The van der Waals surface area contributed by atoms with Crippen molar-refractivity contribution in [2.75, 3.05) is 31.3 Å². The molecule has 0 bridgehead atoms. The molecule has 0 unspecified atom stereocenters. The number of hydrogen-bond acceptors (Lipinski definition) is 6. The first-order valence-corrected chi connectivity index (χ1v) is 10.6. The number of ether oxygens (including phenoxy) is 1. The van der Waals surface area contributed by atoms with Gasteiger partial charge in [-0.3, -0.25) is 9.59 Å². The van der Waals surface area contributed by atoms with Crippen molar-refractivity contribution >= 4 is 27.4 Å². The highest BCUT2D eigenvalue weighted by Crippen LogP contribution is 2.29. The number of nitrogens with one attached hydrogen (secondary N) is 2. The van der Waals surface area contributed by atoms with Crippen LogP contribution < -0.4 is 10.6 Å². The quantitative estimate of drug-likeness (QED) is 0.689. The predicted molar refractivity (Wildman–Crippen MR) is 99.7 cm³/mol. The lowest BCUT2D eigenvalue weighted by Gasteiger charge is -2.34. The van der Waals surface area contributed by atoms with Gasteiger partial charge in [0.05, 0.1) is 6.61 Å². The van der Waals surface area contributed by atoms with Gasteiger partial charge in [0.25, 0.3) is 0 Å². The molecule has 1 aliphatic heterocycles. The minimum Gasteiger partial charge on any atom is -0.466 e. The Bertz CT molecular complexity index is 737. The van der Waals surface area contributed by atoms with Crippen molar-refractivity contribution in [3.05, 3.63) is 29.8 Å². The van der Waals surface area contributed by atoms with Crippen LogP contribution in [0.3, 0.4) is 0 Å². The summed E-state index contributed by atoms with van der Waals surface area (Å²) >= 11 is 0. The van der Waals surface area contributed by atoms with E-state index in [9.17, 15) is 18.0 Å². The molecule has 1 aliphatic rings. The SMILES string of the molecule is CCOC(=O)CCc1ccc(NC(=O)C2(S(C)(=O)=O)CCNCC2)cc1. The summed E-state index contributed by atoms with van der Waals surface area (Å²) in [5.74, 6) is -0.730. The van der Waals surface area contributed by atoms with Gasteiger partial charge in [-0.05, 0) is 57.0 Å². The topological polar surface area (TPSA) is 102 Å². The van der Waals surface area contributed by atoms with E-state index < -0.39 is 20.5 Å². The van der Waals surface area contributed by atoms with Gasteiger partial charge in [0, 0.05) is 18.4 Å². The smallest absolute Gasteiger partial charge is 0.306 e. The van der Waals surface area contributed by atoms with E-state index in [1.54, 1.807) is 19.1 Å². The number of anilines is 1. The second-order valence-corrected chi connectivity index (χ2v) is 8.80. The molecule has 26 heavy (non-hydrogen) atoms. The Morgan fingerprint density at radius 2 is 1.81 bits per heavy atom. The summed E-state index contributed by atoms with van der Waals surface area (Å²) in [6.45, 7) is 3.11. The first kappa shape index (κ1) is 20.4. The van der Waals surface area contributed by atoms with Gasteiger partial charge in [-0.25, -0.2) is 8.42 Å². The predicted octanol–water partition coefficient (Wildman–Crippen LogP) is 1.29. The third-order valence-corrected chi connectivity index (χ3v) is 6.68. The van der Waals surface area contributed by atoms with Crippen molar-refractivity contribution in [1.29, 1.82) is 0 Å². The molecule has 1 amide bonds. The highest BCUT2D eigenvalue weighted by molar-refractivity contribution is 7.92. The lowest BCUT2D eigenvalue weighted by atomic mass is 9.95.